The van der Waals surface area contributed by atoms with E-state index < -0.39 is 5.76 Å². The summed E-state index contributed by atoms with van der Waals surface area (Å²) in [6.45, 7) is 0. The van der Waals surface area contributed by atoms with Crippen LogP contribution in [0, 0.1) is 5.92 Å². The van der Waals surface area contributed by atoms with Crippen molar-refractivity contribution in [1.82, 2.24) is 0 Å². The monoisotopic (exact) mass is 257 g/mol. The van der Waals surface area contributed by atoms with Crippen molar-refractivity contribution in [2.45, 2.75) is 29.9 Å². The van der Waals surface area contributed by atoms with Crippen molar-refractivity contribution in [1.29, 1.82) is 0 Å². The molecule has 0 aromatic heterocycles. The number of carbonyl (C=O) groups excluding carboxylic acids is 1. The Hall–Kier alpha value is -1.10. The van der Waals surface area contributed by atoms with E-state index >= 15 is 0 Å². The van der Waals surface area contributed by atoms with Crippen LogP contribution in [0.25, 0.3) is 0 Å². The zero-order valence-corrected chi connectivity index (χ0v) is 9.97. The largest absolute Gasteiger partial charge is 0.326 e. The third-order valence-electron chi connectivity index (χ3n) is 2.82. The predicted molar refractivity (Wildman–Crippen MR) is 64.3 cm³/mol. The molecule has 0 saturated heterocycles. The summed E-state index contributed by atoms with van der Waals surface area (Å²) in [5, 5.41) is 2.79. The Morgan fingerprint density at radius 3 is 2.41 bits per heavy atom. The summed E-state index contributed by atoms with van der Waals surface area (Å²) < 4.78 is 24.2. The van der Waals surface area contributed by atoms with Crippen molar-refractivity contribution in [2.24, 2.45) is 5.92 Å². The fraction of sp³-hybridized carbons (Fsp3) is 0.417. The molecule has 0 atom stereocenters. The van der Waals surface area contributed by atoms with Crippen LogP contribution in [0.4, 0.5) is 14.5 Å². The number of nitrogens with one attached hydrogen (secondary N) is 1. The summed E-state index contributed by atoms with van der Waals surface area (Å²) in [4.78, 5) is 12.1. The third-order valence-corrected chi connectivity index (χ3v) is 3.55. The minimum absolute atomic E-state index is 0.0329. The summed E-state index contributed by atoms with van der Waals surface area (Å²) >= 11 is 0.502. The van der Waals surface area contributed by atoms with Gasteiger partial charge in [-0.2, -0.15) is 8.78 Å². The molecule has 0 bridgehead atoms. The maximum absolute atomic E-state index is 12.1. The minimum atomic E-state index is -2.41. The molecule has 1 aromatic rings. The molecular formula is C12H13F2NOS. The first kappa shape index (κ1) is 12.4. The minimum Gasteiger partial charge on any atom is -0.326 e. The first-order valence-corrected chi connectivity index (χ1v) is 6.39. The van der Waals surface area contributed by atoms with Crippen LogP contribution in [-0.4, -0.2) is 11.7 Å². The van der Waals surface area contributed by atoms with E-state index in [1.807, 2.05) is 0 Å². The Morgan fingerprint density at radius 2 is 1.94 bits per heavy atom. The van der Waals surface area contributed by atoms with E-state index in [9.17, 15) is 13.6 Å². The van der Waals surface area contributed by atoms with Gasteiger partial charge in [0.2, 0.25) is 5.91 Å². The van der Waals surface area contributed by atoms with Gasteiger partial charge in [0, 0.05) is 16.5 Å². The number of hydrogen-bond acceptors (Lipinski definition) is 2. The summed E-state index contributed by atoms with van der Waals surface area (Å²) in [5.74, 6) is -2.25. The normalized spacial score (nSPS) is 15.7. The van der Waals surface area contributed by atoms with Crippen molar-refractivity contribution < 1.29 is 13.6 Å². The van der Waals surface area contributed by atoms with Crippen LogP contribution in [0.3, 0.4) is 0 Å². The summed E-state index contributed by atoms with van der Waals surface area (Å²) in [5.41, 5.74) is 0.667. The lowest BCUT2D eigenvalue weighted by Crippen LogP contribution is -2.27. The van der Waals surface area contributed by atoms with Gasteiger partial charge in [-0.1, -0.05) is 18.2 Å². The number of halogens is 2. The SMILES string of the molecule is O=C(Nc1ccc(SC(F)F)cc1)C1CCC1. The molecule has 1 amide bonds. The highest BCUT2D eigenvalue weighted by atomic mass is 32.2. The van der Waals surface area contributed by atoms with Gasteiger partial charge in [0.25, 0.3) is 5.76 Å². The molecule has 5 heteroatoms. The number of anilines is 1. The Balaban J connectivity index is 1.90. The van der Waals surface area contributed by atoms with E-state index in [1.54, 1.807) is 24.3 Å². The van der Waals surface area contributed by atoms with Crippen LogP contribution in [0.5, 0.6) is 0 Å². The van der Waals surface area contributed by atoms with Gasteiger partial charge in [-0.15, -0.1) is 0 Å². The molecule has 0 unspecified atom stereocenters. The van der Waals surface area contributed by atoms with Crippen molar-refractivity contribution in [3.05, 3.63) is 24.3 Å². The highest BCUT2D eigenvalue weighted by Crippen LogP contribution is 2.29. The number of rotatable bonds is 4. The zero-order valence-electron chi connectivity index (χ0n) is 9.16. The lowest BCUT2D eigenvalue weighted by atomic mass is 9.85. The average molecular weight is 257 g/mol. The van der Waals surface area contributed by atoms with Crippen molar-refractivity contribution in [3.8, 4) is 0 Å². The van der Waals surface area contributed by atoms with Gasteiger partial charge in [-0.25, -0.2) is 0 Å². The second-order valence-electron chi connectivity index (χ2n) is 4.02. The molecule has 1 fully saturated rings. The number of hydrogen-bond donors (Lipinski definition) is 1. The second-order valence-corrected chi connectivity index (χ2v) is 5.08. The summed E-state index contributed by atoms with van der Waals surface area (Å²) in [7, 11) is 0. The summed E-state index contributed by atoms with van der Waals surface area (Å²) in [6, 6.07) is 6.49. The summed E-state index contributed by atoms with van der Waals surface area (Å²) in [6.07, 6.45) is 3.01. The topological polar surface area (TPSA) is 29.1 Å². The lowest BCUT2D eigenvalue weighted by Gasteiger charge is -2.24. The molecule has 1 aromatic carbocycles. The van der Waals surface area contributed by atoms with Crippen LogP contribution in [0.2, 0.25) is 0 Å². The number of benzene rings is 1. The number of alkyl halides is 2. The Labute approximate surface area is 103 Å². The van der Waals surface area contributed by atoms with Crippen molar-refractivity contribution in [2.75, 3.05) is 5.32 Å². The maximum Gasteiger partial charge on any atom is 0.288 e. The fourth-order valence-corrected chi connectivity index (χ4v) is 2.13. The highest BCUT2D eigenvalue weighted by Gasteiger charge is 2.24. The smallest absolute Gasteiger partial charge is 0.288 e. The number of thioether (sulfide) groups is 1. The molecule has 2 rings (SSSR count). The van der Waals surface area contributed by atoms with Gasteiger partial charge in [0.15, 0.2) is 0 Å². The van der Waals surface area contributed by atoms with Gasteiger partial charge >= 0.3 is 0 Å². The standard InChI is InChI=1S/C12H13F2NOS/c13-12(14)17-10-6-4-9(5-7-10)15-11(16)8-2-1-3-8/h4-8,12H,1-3H2,(H,15,16). The predicted octanol–water partition coefficient (Wildman–Crippen LogP) is 3.74. The maximum atomic E-state index is 12.1. The van der Waals surface area contributed by atoms with Crippen molar-refractivity contribution in [3.63, 3.8) is 0 Å². The molecule has 0 heterocycles. The molecule has 0 spiro atoms. The molecule has 17 heavy (non-hydrogen) atoms. The molecule has 1 N–H and O–H groups in total. The van der Waals surface area contributed by atoms with Gasteiger partial charge in [0.1, 0.15) is 0 Å². The van der Waals surface area contributed by atoms with Gasteiger partial charge < -0.3 is 5.32 Å². The fourth-order valence-electron chi connectivity index (χ4n) is 1.63. The van der Waals surface area contributed by atoms with Crippen LogP contribution >= 0.6 is 11.8 Å². The molecule has 2 nitrogen and oxygen atoms in total. The number of carbonyl (C=O) groups is 1. The van der Waals surface area contributed by atoms with Gasteiger partial charge in [-0.3, -0.25) is 4.79 Å². The lowest BCUT2D eigenvalue weighted by molar-refractivity contribution is -0.122. The molecule has 0 aliphatic heterocycles. The van der Waals surface area contributed by atoms with E-state index in [0.717, 1.165) is 19.3 Å². The zero-order chi connectivity index (χ0) is 12.3. The quantitative estimate of drug-likeness (QED) is 0.832. The van der Waals surface area contributed by atoms with E-state index in [4.69, 9.17) is 0 Å². The molecule has 1 aliphatic carbocycles. The third kappa shape index (κ3) is 3.43. The van der Waals surface area contributed by atoms with E-state index in [2.05, 4.69) is 5.32 Å². The van der Waals surface area contributed by atoms with Crippen LogP contribution < -0.4 is 5.32 Å². The molecule has 1 aliphatic rings. The Morgan fingerprint density at radius 1 is 1.29 bits per heavy atom. The van der Waals surface area contributed by atoms with E-state index in [1.165, 1.54) is 0 Å². The van der Waals surface area contributed by atoms with Crippen molar-refractivity contribution >= 4 is 23.4 Å². The number of amides is 1. The average Bonchev–Trinajstić information content (AvgIpc) is 2.17. The Bertz CT molecular complexity index is 390. The van der Waals surface area contributed by atoms with Crippen LogP contribution in [0.1, 0.15) is 19.3 Å². The van der Waals surface area contributed by atoms with Gasteiger partial charge in [0.05, 0.1) is 0 Å². The van der Waals surface area contributed by atoms with Crippen LogP contribution in [-0.2, 0) is 4.79 Å². The second kappa shape index (κ2) is 5.49. The van der Waals surface area contributed by atoms with Crippen LogP contribution in [0.15, 0.2) is 29.2 Å². The van der Waals surface area contributed by atoms with Gasteiger partial charge in [-0.05, 0) is 37.1 Å². The van der Waals surface area contributed by atoms with E-state index in [-0.39, 0.29) is 11.8 Å². The first-order chi connectivity index (χ1) is 8.15. The molecule has 1 saturated carbocycles. The molecule has 0 radical (unpaired) electrons. The first-order valence-electron chi connectivity index (χ1n) is 5.51. The molecule has 92 valence electrons. The Kier molecular flexibility index (Phi) is 3.99. The highest BCUT2D eigenvalue weighted by molar-refractivity contribution is 7.99. The molecular weight excluding hydrogens is 244 g/mol. The van der Waals surface area contributed by atoms with E-state index in [0.29, 0.717) is 22.3 Å².